The zero-order valence-corrected chi connectivity index (χ0v) is 10.6. The Hall–Kier alpha value is -1.57. The van der Waals surface area contributed by atoms with Crippen LogP contribution in [0.15, 0.2) is 43.0 Å². The van der Waals surface area contributed by atoms with Gasteiger partial charge in [-0.3, -0.25) is 4.79 Å². The van der Waals surface area contributed by atoms with Crippen LogP contribution in [0.3, 0.4) is 0 Å². The van der Waals surface area contributed by atoms with Crippen molar-refractivity contribution in [2.75, 3.05) is 0 Å². The minimum Gasteiger partial charge on any atom is -0.460 e. The average molecular weight is 232 g/mol. The van der Waals surface area contributed by atoms with Crippen molar-refractivity contribution in [1.29, 1.82) is 0 Å². The van der Waals surface area contributed by atoms with Crippen LogP contribution in [0.2, 0.25) is 0 Å². The van der Waals surface area contributed by atoms with E-state index in [0.717, 1.165) is 18.4 Å². The van der Waals surface area contributed by atoms with Gasteiger partial charge in [-0.1, -0.05) is 50.3 Å². The van der Waals surface area contributed by atoms with Crippen LogP contribution in [-0.2, 0) is 16.1 Å². The quantitative estimate of drug-likeness (QED) is 0.552. The van der Waals surface area contributed by atoms with Gasteiger partial charge >= 0.3 is 5.97 Å². The second kappa shape index (κ2) is 6.24. The van der Waals surface area contributed by atoms with Crippen molar-refractivity contribution >= 4 is 5.97 Å². The summed E-state index contributed by atoms with van der Waals surface area (Å²) in [6, 6.07) is 9.70. The first-order valence-electron chi connectivity index (χ1n) is 6.03. The molecule has 2 heteroatoms. The van der Waals surface area contributed by atoms with Gasteiger partial charge < -0.3 is 4.74 Å². The first-order valence-corrected chi connectivity index (χ1v) is 6.03. The molecule has 1 aromatic carbocycles. The monoisotopic (exact) mass is 232 g/mol. The fraction of sp³-hybridized carbons (Fsp3) is 0.400. The molecule has 0 atom stereocenters. The number of benzene rings is 1. The van der Waals surface area contributed by atoms with Crippen molar-refractivity contribution in [3.05, 3.63) is 48.6 Å². The molecule has 17 heavy (non-hydrogen) atoms. The van der Waals surface area contributed by atoms with Gasteiger partial charge in [0.2, 0.25) is 0 Å². The van der Waals surface area contributed by atoms with Crippen molar-refractivity contribution in [3.8, 4) is 0 Å². The predicted molar refractivity (Wildman–Crippen MR) is 69.5 cm³/mol. The standard InChI is InChI=1S/C15H20O2/c1-4-15(5-2,6-3)14(16)17-12-13-10-8-7-9-11-13/h4,7-11H,1,5-6,12H2,2-3H3. The molecule has 2 nitrogen and oxygen atoms in total. The smallest absolute Gasteiger partial charge is 0.316 e. The highest BCUT2D eigenvalue weighted by molar-refractivity contribution is 5.78. The SMILES string of the molecule is C=CC(CC)(CC)C(=O)OCc1ccccc1. The van der Waals surface area contributed by atoms with Crippen LogP contribution in [0.1, 0.15) is 32.3 Å². The molecule has 0 unspecified atom stereocenters. The van der Waals surface area contributed by atoms with Crippen LogP contribution >= 0.6 is 0 Å². The fourth-order valence-electron chi connectivity index (χ4n) is 1.78. The van der Waals surface area contributed by atoms with Crippen molar-refractivity contribution in [1.82, 2.24) is 0 Å². The summed E-state index contributed by atoms with van der Waals surface area (Å²) in [5.41, 5.74) is 0.473. The summed E-state index contributed by atoms with van der Waals surface area (Å²) >= 11 is 0. The summed E-state index contributed by atoms with van der Waals surface area (Å²) in [6.07, 6.45) is 3.15. The molecule has 0 fully saturated rings. The van der Waals surface area contributed by atoms with E-state index in [-0.39, 0.29) is 5.97 Å². The van der Waals surface area contributed by atoms with Crippen molar-refractivity contribution in [3.63, 3.8) is 0 Å². The topological polar surface area (TPSA) is 26.3 Å². The third kappa shape index (κ3) is 3.19. The highest BCUT2D eigenvalue weighted by atomic mass is 16.5. The molecule has 1 aromatic rings. The minimum absolute atomic E-state index is 0.179. The van der Waals surface area contributed by atoms with Crippen molar-refractivity contribution < 1.29 is 9.53 Å². The first-order chi connectivity index (χ1) is 8.18. The van der Waals surface area contributed by atoms with Gasteiger partial charge in [0.25, 0.3) is 0 Å². The molecule has 0 aromatic heterocycles. The number of hydrogen-bond donors (Lipinski definition) is 0. The third-order valence-corrected chi connectivity index (χ3v) is 3.27. The second-order valence-corrected chi connectivity index (χ2v) is 4.13. The Kier molecular flexibility index (Phi) is 4.95. The second-order valence-electron chi connectivity index (χ2n) is 4.13. The lowest BCUT2D eigenvalue weighted by atomic mass is 9.83. The zero-order chi connectivity index (χ0) is 12.7. The molecule has 0 aliphatic carbocycles. The molecule has 0 aliphatic heterocycles. The number of rotatable bonds is 6. The van der Waals surface area contributed by atoms with Crippen LogP contribution < -0.4 is 0 Å². The van der Waals surface area contributed by atoms with E-state index >= 15 is 0 Å². The Balaban J connectivity index is 2.63. The Morgan fingerprint density at radius 1 is 1.29 bits per heavy atom. The minimum atomic E-state index is -0.533. The normalized spacial score (nSPS) is 10.9. The van der Waals surface area contributed by atoms with E-state index in [1.165, 1.54) is 0 Å². The number of carbonyl (C=O) groups excluding carboxylic acids is 1. The highest BCUT2D eigenvalue weighted by Crippen LogP contribution is 2.29. The molecule has 0 aliphatic rings. The Bertz CT molecular complexity index is 364. The molecule has 0 bridgehead atoms. The molecule has 0 saturated heterocycles. The Labute approximate surface area is 103 Å². The molecule has 92 valence electrons. The van der Waals surface area contributed by atoms with Crippen LogP contribution in [0, 0.1) is 5.41 Å². The van der Waals surface area contributed by atoms with E-state index in [0.29, 0.717) is 6.61 Å². The van der Waals surface area contributed by atoms with Gasteiger partial charge in [-0.15, -0.1) is 6.58 Å². The fourth-order valence-corrected chi connectivity index (χ4v) is 1.78. The van der Waals surface area contributed by atoms with E-state index in [2.05, 4.69) is 6.58 Å². The van der Waals surface area contributed by atoms with E-state index in [9.17, 15) is 4.79 Å². The highest BCUT2D eigenvalue weighted by Gasteiger charge is 2.32. The maximum atomic E-state index is 12.0. The average Bonchev–Trinajstić information content (AvgIpc) is 2.40. The Morgan fingerprint density at radius 3 is 2.35 bits per heavy atom. The van der Waals surface area contributed by atoms with Gasteiger partial charge in [0.1, 0.15) is 6.61 Å². The Morgan fingerprint density at radius 2 is 1.88 bits per heavy atom. The molecule has 0 N–H and O–H groups in total. The molecule has 0 heterocycles. The molecular weight excluding hydrogens is 212 g/mol. The summed E-state index contributed by atoms with van der Waals surface area (Å²) in [4.78, 5) is 12.0. The van der Waals surface area contributed by atoms with Crippen LogP contribution in [-0.4, -0.2) is 5.97 Å². The van der Waals surface area contributed by atoms with Gasteiger partial charge in [-0.05, 0) is 18.4 Å². The first kappa shape index (κ1) is 13.5. The number of ether oxygens (including phenoxy) is 1. The summed E-state index contributed by atoms with van der Waals surface area (Å²) in [5.74, 6) is -0.179. The maximum absolute atomic E-state index is 12.0. The lowest BCUT2D eigenvalue weighted by molar-refractivity contribution is -0.154. The van der Waals surface area contributed by atoms with Crippen LogP contribution in [0.25, 0.3) is 0 Å². The van der Waals surface area contributed by atoms with Gasteiger partial charge in [0.15, 0.2) is 0 Å². The van der Waals surface area contributed by atoms with Crippen molar-refractivity contribution in [2.45, 2.75) is 33.3 Å². The zero-order valence-electron chi connectivity index (χ0n) is 10.6. The molecule has 1 rings (SSSR count). The van der Waals surface area contributed by atoms with E-state index in [4.69, 9.17) is 4.74 Å². The van der Waals surface area contributed by atoms with Crippen LogP contribution in [0.5, 0.6) is 0 Å². The molecule has 0 spiro atoms. The molecule has 0 amide bonds. The lowest BCUT2D eigenvalue weighted by Gasteiger charge is -2.25. The summed E-state index contributed by atoms with van der Waals surface area (Å²) in [5, 5.41) is 0. The van der Waals surface area contributed by atoms with Gasteiger partial charge in [0, 0.05) is 0 Å². The van der Waals surface area contributed by atoms with Gasteiger partial charge in [-0.2, -0.15) is 0 Å². The molecule has 0 radical (unpaired) electrons. The number of esters is 1. The molecular formula is C15H20O2. The van der Waals surface area contributed by atoms with Gasteiger partial charge in [0.05, 0.1) is 5.41 Å². The number of hydrogen-bond acceptors (Lipinski definition) is 2. The van der Waals surface area contributed by atoms with Crippen LogP contribution in [0.4, 0.5) is 0 Å². The maximum Gasteiger partial charge on any atom is 0.316 e. The number of carbonyl (C=O) groups is 1. The van der Waals surface area contributed by atoms with E-state index in [1.54, 1.807) is 6.08 Å². The third-order valence-electron chi connectivity index (χ3n) is 3.27. The van der Waals surface area contributed by atoms with E-state index in [1.807, 2.05) is 44.2 Å². The largest absolute Gasteiger partial charge is 0.460 e. The summed E-state index contributed by atoms with van der Waals surface area (Å²) in [6.45, 7) is 8.04. The predicted octanol–water partition coefficient (Wildman–Crippen LogP) is 3.72. The van der Waals surface area contributed by atoms with Crippen molar-refractivity contribution in [2.24, 2.45) is 5.41 Å². The summed E-state index contributed by atoms with van der Waals surface area (Å²) in [7, 11) is 0. The summed E-state index contributed by atoms with van der Waals surface area (Å²) < 4.78 is 5.36. The molecule has 0 saturated carbocycles. The van der Waals surface area contributed by atoms with E-state index < -0.39 is 5.41 Å². The lowest BCUT2D eigenvalue weighted by Crippen LogP contribution is -2.29. The van der Waals surface area contributed by atoms with Gasteiger partial charge in [-0.25, -0.2) is 0 Å².